The zero-order chi connectivity index (χ0) is 20.4. The zero-order valence-corrected chi connectivity index (χ0v) is 16.9. The molecule has 1 aromatic carbocycles. The number of methoxy groups -OCH3 is 1. The monoisotopic (exact) mass is 399 g/mol. The van der Waals surface area contributed by atoms with E-state index in [-0.39, 0.29) is 29.9 Å². The van der Waals surface area contributed by atoms with Gasteiger partial charge < -0.3 is 15.0 Å². The number of rotatable bonds is 5. The van der Waals surface area contributed by atoms with E-state index >= 15 is 0 Å². The van der Waals surface area contributed by atoms with Gasteiger partial charge in [-0.2, -0.15) is 0 Å². The van der Waals surface area contributed by atoms with Crippen LogP contribution in [-0.4, -0.2) is 59.9 Å². The molecule has 156 valence electrons. The van der Waals surface area contributed by atoms with Crippen LogP contribution in [0.2, 0.25) is 0 Å². The number of fused-ring (bicyclic) bond motifs is 1. The van der Waals surface area contributed by atoms with Gasteiger partial charge in [0.15, 0.2) is 0 Å². The summed E-state index contributed by atoms with van der Waals surface area (Å²) in [5.41, 5.74) is 0.536. The fourth-order valence-corrected chi connectivity index (χ4v) is 4.92. The van der Waals surface area contributed by atoms with Gasteiger partial charge in [-0.05, 0) is 63.0 Å². The molecule has 7 heteroatoms. The Morgan fingerprint density at radius 2 is 1.86 bits per heavy atom. The maximum atomic E-state index is 12.8. The lowest BCUT2D eigenvalue weighted by atomic mass is 9.85. The molecular formula is C22H29N3O4. The number of amides is 4. The van der Waals surface area contributed by atoms with Crippen LogP contribution in [-0.2, 0) is 4.79 Å². The van der Waals surface area contributed by atoms with Crippen molar-refractivity contribution in [2.75, 3.05) is 20.2 Å². The van der Waals surface area contributed by atoms with Gasteiger partial charge in [-0.3, -0.25) is 14.5 Å². The number of urea groups is 1. The summed E-state index contributed by atoms with van der Waals surface area (Å²) in [6.07, 6.45) is 6.23. The highest BCUT2D eigenvalue weighted by Crippen LogP contribution is 2.34. The quantitative estimate of drug-likeness (QED) is 0.773. The Kier molecular flexibility index (Phi) is 5.74. The Morgan fingerprint density at radius 3 is 2.59 bits per heavy atom. The summed E-state index contributed by atoms with van der Waals surface area (Å²) in [5, 5.41) is 3.01. The molecule has 4 rings (SSSR count). The maximum Gasteiger partial charge on any atom is 0.327 e. The summed E-state index contributed by atoms with van der Waals surface area (Å²) in [5.74, 6) is 0.797. The fraction of sp³-hybridized carbons (Fsp3) is 0.591. The normalized spacial score (nSPS) is 27.0. The van der Waals surface area contributed by atoms with Crippen molar-refractivity contribution < 1.29 is 19.1 Å². The number of imide groups is 1. The van der Waals surface area contributed by atoms with E-state index in [0.717, 1.165) is 44.9 Å². The first-order chi connectivity index (χ1) is 14.1. The summed E-state index contributed by atoms with van der Waals surface area (Å²) in [4.78, 5) is 41.3. The van der Waals surface area contributed by atoms with Gasteiger partial charge in [0, 0.05) is 19.1 Å². The van der Waals surface area contributed by atoms with E-state index in [1.807, 2.05) is 12.1 Å². The summed E-state index contributed by atoms with van der Waals surface area (Å²) in [7, 11) is 1.56. The number of para-hydroxylation sites is 1. The van der Waals surface area contributed by atoms with Gasteiger partial charge in [-0.1, -0.05) is 12.1 Å². The predicted octanol–water partition coefficient (Wildman–Crippen LogP) is 2.80. The van der Waals surface area contributed by atoms with Crippen molar-refractivity contribution in [3.8, 4) is 5.75 Å². The van der Waals surface area contributed by atoms with E-state index in [2.05, 4.69) is 5.32 Å². The number of hydrogen-bond donors (Lipinski definition) is 1. The van der Waals surface area contributed by atoms with Crippen LogP contribution in [0.15, 0.2) is 24.3 Å². The number of carbonyl (C=O) groups excluding carboxylic acids is 3. The highest BCUT2D eigenvalue weighted by molar-refractivity contribution is 6.04. The van der Waals surface area contributed by atoms with Crippen molar-refractivity contribution in [2.45, 2.75) is 57.0 Å². The van der Waals surface area contributed by atoms with Crippen molar-refractivity contribution in [1.82, 2.24) is 15.1 Å². The van der Waals surface area contributed by atoms with Crippen LogP contribution in [0.25, 0.3) is 0 Å². The summed E-state index contributed by atoms with van der Waals surface area (Å²) >= 11 is 0. The van der Waals surface area contributed by atoms with Crippen LogP contribution < -0.4 is 10.1 Å². The SMILES string of the molecule is COc1ccccc1C(=O)NCC1CCC(N2C(=O)C3CCCCN3C2=O)CC1. The Balaban J connectivity index is 1.29. The second-order valence-corrected chi connectivity index (χ2v) is 8.28. The lowest BCUT2D eigenvalue weighted by molar-refractivity contribution is -0.130. The minimum absolute atomic E-state index is 0.00164. The molecular weight excluding hydrogens is 370 g/mol. The van der Waals surface area contributed by atoms with Crippen LogP contribution in [0.3, 0.4) is 0 Å². The molecule has 2 aliphatic heterocycles. The molecule has 7 nitrogen and oxygen atoms in total. The third-order valence-corrected chi connectivity index (χ3v) is 6.56. The number of benzene rings is 1. The summed E-state index contributed by atoms with van der Waals surface area (Å²) < 4.78 is 5.26. The number of hydrogen-bond acceptors (Lipinski definition) is 4. The molecule has 4 amide bonds. The third kappa shape index (κ3) is 3.82. The molecule has 2 heterocycles. The minimum Gasteiger partial charge on any atom is -0.496 e. The van der Waals surface area contributed by atoms with Crippen molar-refractivity contribution in [3.05, 3.63) is 29.8 Å². The molecule has 3 fully saturated rings. The maximum absolute atomic E-state index is 12.8. The highest BCUT2D eigenvalue weighted by atomic mass is 16.5. The predicted molar refractivity (Wildman–Crippen MR) is 108 cm³/mol. The average Bonchev–Trinajstić information content (AvgIpc) is 3.03. The molecule has 0 bridgehead atoms. The molecule has 0 aromatic heterocycles. The second kappa shape index (κ2) is 8.43. The molecule has 29 heavy (non-hydrogen) atoms. The molecule has 1 aromatic rings. The van der Waals surface area contributed by atoms with Crippen LogP contribution in [0.1, 0.15) is 55.3 Å². The van der Waals surface area contributed by atoms with Gasteiger partial charge in [-0.15, -0.1) is 0 Å². The van der Waals surface area contributed by atoms with Crippen LogP contribution in [0, 0.1) is 5.92 Å². The number of nitrogens with one attached hydrogen (secondary N) is 1. The first-order valence-corrected chi connectivity index (χ1v) is 10.6. The van der Waals surface area contributed by atoms with Crippen LogP contribution in [0.5, 0.6) is 5.75 Å². The first kappa shape index (κ1) is 19.7. The van der Waals surface area contributed by atoms with Crippen molar-refractivity contribution in [2.24, 2.45) is 5.92 Å². The average molecular weight is 399 g/mol. The molecule has 2 saturated heterocycles. The number of ether oxygens (including phenoxy) is 1. The van der Waals surface area contributed by atoms with E-state index in [4.69, 9.17) is 4.74 Å². The minimum atomic E-state index is -0.228. The molecule has 1 unspecified atom stereocenters. The zero-order valence-electron chi connectivity index (χ0n) is 16.9. The highest BCUT2D eigenvalue weighted by Gasteiger charge is 2.48. The Labute approximate surface area is 171 Å². The second-order valence-electron chi connectivity index (χ2n) is 8.28. The van der Waals surface area contributed by atoms with Crippen LogP contribution >= 0.6 is 0 Å². The van der Waals surface area contributed by atoms with E-state index in [1.54, 1.807) is 29.0 Å². The largest absolute Gasteiger partial charge is 0.496 e. The molecule has 0 radical (unpaired) electrons. The van der Waals surface area contributed by atoms with Crippen molar-refractivity contribution in [1.29, 1.82) is 0 Å². The third-order valence-electron chi connectivity index (χ3n) is 6.56. The van der Waals surface area contributed by atoms with E-state index in [0.29, 0.717) is 30.3 Å². The summed E-state index contributed by atoms with van der Waals surface area (Å²) in [6.45, 7) is 1.30. The van der Waals surface area contributed by atoms with Gasteiger partial charge >= 0.3 is 6.03 Å². The Morgan fingerprint density at radius 1 is 1.10 bits per heavy atom. The number of nitrogens with zero attached hydrogens (tertiary/aromatic N) is 2. The molecule has 1 atom stereocenters. The molecule has 3 aliphatic rings. The van der Waals surface area contributed by atoms with Crippen molar-refractivity contribution >= 4 is 17.8 Å². The number of piperidine rings is 1. The fourth-order valence-electron chi connectivity index (χ4n) is 4.92. The topological polar surface area (TPSA) is 79.0 Å². The van der Waals surface area contributed by atoms with E-state index in [9.17, 15) is 14.4 Å². The Bertz CT molecular complexity index is 764. The Hall–Kier alpha value is -2.57. The van der Waals surface area contributed by atoms with E-state index < -0.39 is 0 Å². The van der Waals surface area contributed by atoms with Gasteiger partial charge in [0.1, 0.15) is 11.8 Å². The molecule has 0 spiro atoms. The van der Waals surface area contributed by atoms with Gasteiger partial charge in [-0.25, -0.2) is 4.79 Å². The van der Waals surface area contributed by atoms with Gasteiger partial charge in [0.25, 0.3) is 11.8 Å². The lowest BCUT2D eigenvalue weighted by Crippen LogP contribution is -2.44. The van der Waals surface area contributed by atoms with E-state index in [1.165, 1.54) is 0 Å². The lowest BCUT2D eigenvalue weighted by Gasteiger charge is -2.33. The molecule has 1 aliphatic carbocycles. The van der Waals surface area contributed by atoms with Gasteiger partial charge in [0.2, 0.25) is 0 Å². The summed E-state index contributed by atoms with van der Waals surface area (Å²) in [6, 6.07) is 6.87. The smallest absolute Gasteiger partial charge is 0.327 e. The van der Waals surface area contributed by atoms with Gasteiger partial charge in [0.05, 0.1) is 12.7 Å². The molecule has 1 saturated carbocycles. The standard InChI is InChI=1S/C22H29N3O4/c1-29-19-8-3-2-6-17(19)20(26)23-14-15-9-11-16(12-10-15)25-21(27)18-7-4-5-13-24(18)22(25)28/h2-3,6,8,15-16,18H,4-5,7,9-14H2,1H3,(H,23,26). The molecule has 1 N–H and O–H groups in total. The first-order valence-electron chi connectivity index (χ1n) is 10.6. The van der Waals surface area contributed by atoms with Crippen LogP contribution in [0.4, 0.5) is 4.79 Å². The van der Waals surface area contributed by atoms with Crippen molar-refractivity contribution in [3.63, 3.8) is 0 Å². The number of carbonyl (C=O) groups is 3.